The number of carbonyl (C=O) groups is 1. The van der Waals surface area contributed by atoms with Gasteiger partial charge >= 0.3 is 0 Å². The van der Waals surface area contributed by atoms with E-state index in [-0.39, 0.29) is 17.9 Å². The number of hydrogen-bond acceptors (Lipinski definition) is 3. The second-order valence-electron chi connectivity index (χ2n) is 5.41. The minimum atomic E-state index is -1.03. The van der Waals surface area contributed by atoms with Crippen LogP contribution in [0.1, 0.15) is 25.3 Å². The molecular formula is C14H20N2O2. The molecule has 0 heterocycles. The molecule has 0 aromatic heterocycles. The Labute approximate surface area is 107 Å². The van der Waals surface area contributed by atoms with E-state index in [0.717, 1.165) is 18.4 Å². The molecule has 0 bridgehead atoms. The summed E-state index contributed by atoms with van der Waals surface area (Å²) in [6, 6.07) is 9.31. The average molecular weight is 248 g/mol. The summed E-state index contributed by atoms with van der Waals surface area (Å²) in [5, 5.41) is 12.1. The molecule has 1 aromatic rings. The molecule has 1 amide bonds. The van der Waals surface area contributed by atoms with Gasteiger partial charge in [-0.25, -0.2) is 0 Å². The average Bonchev–Trinajstić information content (AvgIpc) is 3.17. The topological polar surface area (TPSA) is 75.4 Å². The summed E-state index contributed by atoms with van der Waals surface area (Å²) in [7, 11) is 0. The summed E-state index contributed by atoms with van der Waals surface area (Å²) in [6.07, 6.45) is 1.94. The quantitative estimate of drug-likeness (QED) is 0.719. The molecule has 1 fully saturated rings. The number of aliphatic hydroxyl groups is 1. The molecule has 1 unspecified atom stereocenters. The van der Waals surface area contributed by atoms with Gasteiger partial charge in [-0.05, 0) is 25.3 Å². The number of aliphatic hydroxyl groups excluding tert-OH is 1. The van der Waals surface area contributed by atoms with E-state index in [0.29, 0.717) is 6.54 Å². The second-order valence-corrected chi connectivity index (χ2v) is 5.41. The predicted molar refractivity (Wildman–Crippen MR) is 69.7 cm³/mol. The number of nitrogens with two attached hydrogens (primary N) is 1. The highest BCUT2D eigenvalue weighted by molar-refractivity contribution is 5.87. The maximum atomic E-state index is 12.1. The SMILES string of the molecule is CC(N)(C(=O)NCC1(CO)CC1)c1ccccc1. The first kappa shape index (κ1) is 13.1. The molecule has 98 valence electrons. The minimum Gasteiger partial charge on any atom is -0.396 e. The molecule has 1 aliphatic rings. The van der Waals surface area contributed by atoms with Gasteiger partial charge in [-0.3, -0.25) is 4.79 Å². The molecule has 4 heteroatoms. The van der Waals surface area contributed by atoms with Gasteiger partial charge in [-0.1, -0.05) is 30.3 Å². The molecule has 18 heavy (non-hydrogen) atoms. The standard InChI is InChI=1S/C14H20N2O2/c1-13(15,11-5-3-2-4-6-11)12(18)16-9-14(10-17)7-8-14/h2-6,17H,7-10,15H2,1H3,(H,16,18). The van der Waals surface area contributed by atoms with Gasteiger partial charge in [0.1, 0.15) is 5.54 Å². The highest BCUT2D eigenvalue weighted by Gasteiger charge is 2.43. The molecule has 2 rings (SSSR count). The Morgan fingerprint density at radius 1 is 1.44 bits per heavy atom. The van der Waals surface area contributed by atoms with Crippen molar-refractivity contribution in [1.82, 2.24) is 5.32 Å². The van der Waals surface area contributed by atoms with Crippen LogP contribution in [0.5, 0.6) is 0 Å². The van der Waals surface area contributed by atoms with Crippen LogP contribution >= 0.6 is 0 Å². The van der Waals surface area contributed by atoms with Crippen LogP contribution in [-0.2, 0) is 10.3 Å². The number of amides is 1. The Bertz CT molecular complexity index is 425. The molecule has 1 aliphatic carbocycles. The van der Waals surface area contributed by atoms with Gasteiger partial charge in [0.2, 0.25) is 5.91 Å². The van der Waals surface area contributed by atoms with Crippen molar-refractivity contribution in [3.63, 3.8) is 0 Å². The smallest absolute Gasteiger partial charge is 0.244 e. The van der Waals surface area contributed by atoms with E-state index in [1.807, 2.05) is 30.3 Å². The maximum absolute atomic E-state index is 12.1. The summed E-state index contributed by atoms with van der Waals surface area (Å²) < 4.78 is 0. The van der Waals surface area contributed by atoms with Crippen molar-refractivity contribution in [2.45, 2.75) is 25.3 Å². The fourth-order valence-electron chi connectivity index (χ4n) is 1.93. The molecule has 0 aliphatic heterocycles. The van der Waals surface area contributed by atoms with Gasteiger partial charge in [-0.15, -0.1) is 0 Å². The van der Waals surface area contributed by atoms with Crippen LogP contribution in [0.25, 0.3) is 0 Å². The third kappa shape index (κ3) is 2.54. The largest absolute Gasteiger partial charge is 0.396 e. The first-order valence-electron chi connectivity index (χ1n) is 6.24. The van der Waals surface area contributed by atoms with Gasteiger partial charge in [0.15, 0.2) is 0 Å². The Kier molecular flexibility index (Phi) is 3.41. The van der Waals surface area contributed by atoms with Crippen LogP contribution in [0.15, 0.2) is 30.3 Å². The normalized spacial score (nSPS) is 19.9. The number of carbonyl (C=O) groups excluding carboxylic acids is 1. The van der Waals surface area contributed by atoms with Gasteiger partial charge < -0.3 is 16.2 Å². The maximum Gasteiger partial charge on any atom is 0.244 e. The third-order valence-electron chi connectivity index (χ3n) is 3.76. The monoisotopic (exact) mass is 248 g/mol. The lowest BCUT2D eigenvalue weighted by Gasteiger charge is -2.25. The zero-order valence-electron chi connectivity index (χ0n) is 10.6. The number of hydrogen-bond donors (Lipinski definition) is 3. The van der Waals surface area contributed by atoms with E-state index >= 15 is 0 Å². The Morgan fingerprint density at radius 2 is 2.06 bits per heavy atom. The van der Waals surface area contributed by atoms with Crippen molar-refractivity contribution in [1.29, 1.82) is 0 Å². The molecule has 1 saturated carbocycles. The van der Waals surface area contributed by atoms with E-state index in [2.05, 4.69) is 5.32 Å². The summed E-state index contributed by atoms with van der Waals surface area (Å²) in [6.45, 7) is 2.33. The first-order chi connectivity index (χ1) is 8.50. The van der Waals surface area contributed by atoms with E-state index < -0.39 is 5.54 Å². The first-order valence-corrected chi connectivity index (χ1v) is 6.24. The lowest BCUT2D eigenvalue weighted by Crippen LogP contribution is -2.50. The predicted octanol–water partition coefficient (Wildman–Crippen LogP) is 0.749. The van der Waals surface area contributed by atoms with Crippen molar-refractivity contribution in [2.24, 2.45) is 11.1 Å². The van der Waals surface area contributed by atoms with Crippen LogP contribution in [-0.4, -0.2) is 24.2 Å². The van der Waals surface area contributed by atoms with E-state index in [1.54, 1.807) is 6.92 Å². The number of benzene rings is 1. The molecule has 0 saturated heterocycles. The molecule has 1 aromatic carbocycles. The lowest BCUT2D eigenvalue weighted by molar-refractivity contribution is -0.126. The zero-order chi connectivity index (χ0) is 13.2. The van der Waals surface area contributed by atoms with Crippen LogP contribution in [0, 0.1) is 5.41 Å². The molecule has 0 spiro atoms. The molecule has 4 N–H and O–H groups in total. The van der Waals surface area contributed by atoms with Crippen LogP contribution in [0.3, 0.4) is 0 Å². The van der Waals surface area contributed by atoms with Crippen LogP contribution < -0.4 is 11.1 Å². The number of nitrogens with one attached hydrogen (secondary N) is 1. The van der Waals surface area contributed by atoms with Gasteiger partial charge in [0, 0.05) is 12.0 Å². The van der Waals surface area contributed by atoms with Gasteiger partial charge in [0.05, 0.1) is 6.61 Å². The van der Waals surface area contributed by atoms with Crippen molar-refractivity contribution >= 4 is 5.91 Å². The summed E-state index contributed by atoms with van der Waals surface area (Å²) in [5.74, 6) is -0.201. The van der Waals surface area contributed by atoms with Gasteiger partial charge in [0.25, 0.3) is 0 Å². The highest BCUT2D eigenvalue weighted by Crippen LogP contribution is 2.44. The third-order valence-corrected chi connectivity index (χ3v) is 3.76. The fourth-order valence-corrected chi connectivity index (χ4v) is 1.93. The van der Waals surface area contributed by atoms with Gasteiger partial charge in [-0.2, -0.15) is 0 Å². The lowest BCUT2D eigenvalue weighted by atomic mass is 9.92. The van der Waals surface area contributed by atoms with Crippen molar-refractivity contribution in [3.05, 3.63) is 35.9 Å². The molecule has 1 atom stereocenters. The van der Waals surface area contributed by atoms with E-state index in [9.17, 15) is 9.90 Å². The van der Waals surface area contributed by atoms with Crippen molar-refractivity contribution in [3.8, 4) is 0 Å². The molecule has 0 radical (unpaired) electrons. The molecule has 4 nitrogen and oxygen atoms in total. The second kappa shape index (κ2) is 4.71. The number of rotatable bonds is 5. The summed E-state index contributed by atoms with van der Waals surface area (Å²) >= 11 is 0. The molecular weight excluding hydrogens is 228 g/mol. The zero-order valence-corrected chi connectivity index (χ0v) is 10.6. The van der Waals surface area contributed by atoms with E-state index in [1.165, 1.54) is 0 Å². The fraction of sp³-hybridized carbons (Fsp3) is 0.500. The Hall–Kier alpha value is -1.39. The van der Waals surface area contributed by atoms with Crippen molar-refractivity contribution < 1.29 is 9.90 Å². The van der Waals surface area contributed by atoms with Crippen molar-refractivity contribution in [2.75, 3.05) is 13.2 Å². The Morgan fingerprint density at radius 3 is 2.56 bits per heavy atom. The minimum absolute atomic E-state index is 0.0948. The Balaban J connectivity index is 1.99. The van der Waals surface area contributed by atoms with E-state index in [4.69, 9.17) is 5.73 Å². The van der Waals surface area contributed by atoms with Crippen LogP contribution in [0.2, 0.25) is 0 Å². The summed E-state index contributed by atoms with van der Waals surface area (Å²) in [5.41, 5.74) is 5.76. The summed E-state index contributed by atoms with van der Waals surface area (Å²) in [4.78, 5) is 12.1. The van der Waals surface area contributed by atoms with Crippen LogP contribution in [0.4, 0.5) is 0 Å². The highest BCUT2D eigenvalue weighted by atomic mass is 16.3.